The Balaban J connectivity index is 1.94. The van der Waals surface area contributed by atoms with Crippen LogP contribution < -0.4 is 4.74 Å². The summed E-state index contributed by atoms with van der Waals surface area (Å²) in [6.07, 6.45) is 6.47. The highest BCUT2D eigenvalue weighted by Crippen LogP contribution is 2.36. The molecule has 0 spiro atoms. The maximum atomic E-state index is 14.1. The Morgan fingerprint density at radius 3 is 2.35 bits per heavy atom. The minimum Gasteiger partial charge on any atom is -0.495 e. The van der Waals surface area contributed by atoms with Crippen molar-refractivity contribution in [3.8, 4) is 22.6 Å². The molecule has 1 aliphatic rings. The lowest BCUT2D eigenvalue weighted by Crippen LogP contribution is -2.35. The summed E-state index contributed by atoms with van der Waals surface area (Å²) >= 11 is 0. The number of aromatic nitrogens is 2. The molecule has 7 heteroatoms. The number of likely N-dealkylation sites (N-methyl/N-ethyl adjacent to an activating group) is 1. The van der Waals surface area contributed by atoms with Gasteiger partial charge < -0.3 is 13.8 Å². The molecular weight excluding hydrogens is 403 g/mol. The van der Waals surface area contributed by atoms with E-state index in [1.165, 1.54) is 5.57 Å². The first-order chi connectivity index (χ1) is 14.7. The van der Waals surface area contributed by atoms with Crippen molar-refractivity contribution in [1.82, 2.24) is 9.55 Å². The average molecular weight is 428 g/mol. The zero-order chi connectivity index (χ0) is 22.3. The largest absolute Gasteiger partial charge is 0.495 e. The van der Waals surface area contributed by atoms with E-state index >= 15 is 0 Å². The summed E-state index contributed by atoms with van der Waals surface area (Å²) in [5.41, 5.74) is 4.34. The van der Waals surface area contributed by atoms with Crippen molar-refractivity contribution < 1.29 is 22.4 Å². The van der Waals surface area contributed by atoms with Crippen LogP contribution in [0.15, 0.2) is 42.4 Å². The van der Waals surface area contributed by atoms with Gasteiger partial charge in [-0.2, -0.15) is 0 Å². The molecule has 31 heavy (non-hydrogen) atoms. The number of benzene rings is 2. The molecule has 1 fully saturated rings. The smallest absolute Gasteiger partial charge is 0.194 e. The molecule has 0 radical (unpaired) electrons. The molecule has 0 bridgehead atoms. The number of methoxy groups -OCH3 is 1. The Labute approximate surface area is 179 Å². The third-order valence-corrected chi connectivity index (χ3v) is 5.66. The number of ether oxygens (including phenoxy) is 1. The topological polar surface area (TPSA) is 27.1 Å². The van der Waals surface area contributed by atoms with Crippen molar-refractivity contribution in [2.45, 2.75) is 13.3 Å². The number of hydrogen-bond acceptors (Lipinski definition) is 2. The summed E-state index contributed by atoms with van der Waals surface area (Å²) in [4.78, 5) is 4.26. The van der Waals surface area contributed by atoms with Gasteiger partial charge in [-0.15, -0.1) is 0 Å². The van der Waals surface area contributed by atoms with Gasteiger partial charge in [0, 0.05) is 12.6 Å². The minimum atomic E-state index is -1.47. The fourth-order valence-corrected chi connectivity index (χ4v) is 4.07. The van der Waals surface area contributed by atoms with Gasteiger partial charge >= 0.3 is 0 Å². The highest BCUT2D eigenvalue weighted by atomic mass is 19.2. The van der Waals surface area contributed by atoms with Gasteiger partial charge in [-0.25, -0.2) is 18.2 Å². The molecule has 1 aromatic heterocycles. The van der Waals surface area contributed by atoms with Crippen molar-refractivity contribution in [2.24, 2.45) is 0 Å². The lowest BCUT2D eigenvalue weighted by Gasteiger charge is -2.22. The zero-order valence-electron chi connectivity index (χ0n) is 18.0. The Morgan fingerprint density at radius 2 is 1.81 bits per heavy atom. The van der Waals surface area contributed by atoms with Crippen LogP contribution in [0.25, 0.3) is 22.9 Å². The van der Waals surface area contributed by atoms with Crippen LogP contribution in [0.5, 0.6) is 5.75 Å². The molecular formula is C24H25F3N3O+. The lowest BCUT2D eigenvalue weighted by atomic mass is 9.96. The van der Waals surface area contributed by atoms with Gasteiger partial charge in [0.2, 0.25) is 0 Å². The molecule has 0 atom stereocenters. The first-order valence-electron chi connectivity index (χ1n) is 10.1. The van der Waals surface area contributed by atoms with Crippen molar-refractivity contribution in [3.63, 3.8) is 0 Å². The third-order valence-electron chi connectivity index (χ3n) is 5.66. The highest BCUT2D eigenvalue weighted by molar-refractivity contribution is 5.80. The van der Waals surface area contributed by atoms with Crippen LogP contribution in [0.1, 0.15) is 17.7 Å². The van der Waals surface area contributed by atoms with E-state index in [1.807, 2.05) is 25.3 Å². The summed E-state index contributed by atoms with van der Waals surface area (Å²) < 4.78 is 50.0. The Kier molecular flexibility index (Phi) is 5.39. The third kappa shape index (κ3) is 4.23. The fourth-order valence-electron chi connectivity index (χ4n) is 4.07. The van der Waals surface area contributed by atoms with E-state index in [1.54, 1.807) is 24.1 Å². The molecule has 0 aliphatic carbocycles. The number of nitrogens with zero attached hydrogens (tertiary/aromatic N) is 3. The first-order valence-corrected chi connectivity index (χ1v) is 10.1. The van der Waals surface area contributed by atoms with Crippen LogP contribution in [-0.4, -0.2) is 48.3 Å². The predicted molar refractivity (Wildman–Crippen MR) is 115 cm³/mol. The quantitative estimate of drug-likeness (QED) is 0.425. The van der Waals surface area contributed by atoms with Gasteiger partial charge in [-0.05, 0) is 59.5 Å². The maximum Gasteiger partial charge on any atom is 0.194 e. The van der Waals surface area contributed by atoms with Crippen LogP contribution in [0.3, 0.4) is 0 Å². The predicted octanol–water partition coefficient (Wildman–Crippen LogP) is 5.14. The second-order valence-electron chi connectivity index (χ2n) is 8.66. The molecule has 0 unspecified atom stereocenters. The van der Waals surface area contributed by atoms with Gasteiger partial charge in [0.05, 0.1) is 45.5 Å². The summed E-state index contributed by atoms with van der Waals surface area (Å²) in [7, 11) is 5.90. The molecule has 4 nitrogen and oxygen atoms in total. The van der Waals surface area contributed by atoms with E-state index in [0.29, 0.717) is 17.0 Å². The van der Waals surface area contributed by atoms with Crippen LogP contribution in [0.4, 0.5) is 13.2 Å². The number of rotatable bonds is 4. The lowest BCUT2D eigenvalue weighted by molar-refractivity contribution is -0.875. The van der Waals surface area contributed by atoms with Crippen LogP contribution >= 0.6 is 0 Å². The Bertz CT molecular complexity index is 1160. The summed E-state index contributed by atoms with van der Waals surface area (Å²) in [6.45, 7) is 3.77. The summed E-state index contributed by atoms with van der Waals surface area (Å²) in [5, 5.41) is 0. The molecule has 0 N–H and O–H groups in total. The fraction of sp³-hybridized carbons (Fsp3) is 0.292. The van der Waals surface area contributed by atoms with E-state index in [-0.39, 0.29) is 5.56 Å². The van der Waals surface area contributed by atoms with E-state index in [9.17, 15) is 13.2 Å². The van der Waals surface area contributed by atoms with Crippen LogP contribution in [0, 0.1) is 24.4 Å². The first kappa shape index (κ1) is 21.2. The average Bonchev–Trinajstić information content (AvgIpc) is 3.30. The Morgan fingerprint density at radius 1 is 1.10 bits per heavy atom. The molecule has 2 heterocycles. The number of likely N-dealkylation sites (tertiary alicyclic amines) is 1. The molecule has 162 valence electrons. The number of halogens is 3. The van der Waals surface area contributed by atoms with Gasteiger partial charge in [0.1, 0.15) is 12.3 Å². The second kappa shape index (κ2) is 7.89. The van der Waals surface area contributed by atoms with Gasteiger partial charge in [0.15, 0.2) is 17.5 Å². The molecule has 0 saturated carbocycles. The van der Waals surface area contributed by atoms with E-state index in [4.69, 9.17) is 4.74 Å². The summed E-state index contributed by atoms with van der Waals surface area (Å²) in [5.74, 6) is -3.31. The molecule has 4 rings (SSSR count). The molecule has 3 aromatic rings. The number of imidazole rings is 1. The van der Waals surface area contributed by atoms with Crippen LogP contribution in [0.2, 0.25) is 0 Å². The molecule has 1 saturated heterocycles. The molecule has 0 amide bonds. The van der Waals surface area contributed by atoms with Crippen molar-refractivity contribution in [1.29, 1.82) is 0 Å². The SMILES string of the molecule is COc1cc(C=C2CC[N+](C)(C)C2)c(-c2cc(F)c(F)c(F)c2)cc1-n1cnc(C)c1. The number of hydrogen-bond donors (Lipinski definition) is 0. The summed E-state index contributed by atoms with van der Waals surface area (Å²) in [6, 6.07) is 5.71. The minimum absolute atomic E-state index is 0.260. The standard InChI is InChI=1S/C24H25F3N3O/c1-15-12-29(14-28-15)22-11-19(18-8-20(25)24(27)21(26)9-18)17(10-23(22)31-4)7-16-5-6-30(2,3)13-16/h7-12,14H,5-6,13H2,1-4H3/q+1. The maximum absolute atomic E-state index is 14.1. The number of aryl methyl sites for hydroxylation is 1. The van der Waals surface area contributed by atoms with E-state index in [2.05, 4.69) is 19.1 Å². The van der Waals surface area contributed by atoms with E-state index < -0.39 is 17.5 Å². The molecule has 1 aliphatic heterocycles. The monoisotopic (exact) mass is 428 g/mol. The van der Waals surface area contributed by atoms with Gasteiger partial charge in [-0.3, -0.25) is 0 Å². The zero-order valence-corrected chi connectivity index (χ0v) is 18.0. The second-order valence-corrected chi connectivity index (χ2v) is 8.66. The van der Waals surface area contributed by atoms with Crippen molar-refractivity contribution in [3.05, 3.63) is 71.1 Å². The van der Waals surface area contributed by atoms with Crippen molar-refractivity contribution >= 4 is 6.08 Å². The Hall–Kier alpha value is -3.06. The van der Waals surface area contributed by atoms with Gasteiger partial charge in [-0.1, -0.05) is 0 Å². The molecule has 2 aromatic carbocycles. The highest BCUT2D eigenvalue weighted by Gasteiger charge is 2.26. The van der Waals surface area contributed by atoms with Crippen molar-refractivity contribution in [2.75, 3.05) is 34.3 Å². The normalized spacial score (nSPS) is 16.8. The number of quaternary nitrogens is 1. The van der Waals surface area contributed by atoms with Gasteiger partial charge in [0.25, 0.3) is 0 Å². The van der Waals surface area contributed by atoms with E-state index in [0.717, 1.165) is 47.4 Å². The van der Waals surface area contributed by atoms with Crippen LogP contribution in [-0.2, 0) is 0 Å².